The van der Waals surface area contributed by atoms with E-state index in [2.05, 4.69) is 38.1 Å². The topological polar surface area (TPSA) is 46.2 Å². The van der Waals surface area contributed by atoms with Gasteiger partial charge in [-0.15, -0.1) is 0 Å². The van der Waals surface area contributed by atoms with Crippen molar-refractivity contribution >= 4 is 0 Å². The van der Waals surface area contributed by atoms with Crippen LogP contribution in [0.5, 0.6) is 0 Å². The first-order valence-electron chi connectivity index (χ1n) is 7.64. The average molecular weight is 261 g/mol. The van der Waals surface area contributed by atoms with Gasteiger partial charge in [-0.2, -0.15) is 0 Å². The molecule has 0 heterocycles. The van der Waals surface area contributed by atoms with Gasteiger partial charge in [-0.1, -0.05) is 44.5 Å². The highest BCUT2D eigenvalue weighted by Crippen LogP contribution is 2.47. The van der Waals surface area contributed by atoms with E-state index >= 15 is 0 Å². The summed E-state index contributed by atoms with van der Waals surface area (Å²) in [5, 5.41) is 11.3. The van der Waals surface area contributed by atoms with Crippen molar-refractivity contribution in [2.75, 3.05) is 6.54 Å². The van der Waals surface area contributed by atoms with Crippen LogP contribution in [-0.2, 0) is 11.8 Å². The standard InChI is InChI=1S/C17H27NO/c1-3-11-17(19,4-2)16(13-18)12-7-9-14-8-5-6-10-15(14)16/h5-6,8,10,19H,3-4,7,9,11-13,18H2,1-2H3. The van der Waals surface area contributed by atoms with Crippen LogP contribution in [0.3, 0.4) is 0 Å². The van der Waals surface area contributed by atoms with Crippen molar-refractivity contribution in [1.82, 2.24) is 0 Å². The third-order valence-corrected chi connectivity index (χ3v) is 5.07. The normalized spacial score (nSPS) is 25.7. The summed E-state index contributed by atoms with van der Waals surface area (Å²) in [7, 11) is 0. The Bertz CT molecular complexity index is 431. The Morgan fingerprint density at radius 3 is 2.68 bits per heavy atom. The molecule has 0 fully saturated rings. The van der Waals surface area contributed by atoms with Crippen molar-refractivity contribution in [3.05, 3.63) is 35.4 Å². The molecule has 2 heteroatoms. The van der Waals surface area contributed by atoms with Crippen LogP contribution in [0.15, 0.2) is 24.3 Å². The van der Waals surface area contributed by atoms with E-state index in [1.54, 1.807) is 0 Å². The molecule has 1 aliphatic rings. The summed E-state index contributed by atoms with van der Waals surface area (Å²) < 4.78 is 0. The van der Waals surface area contributed by atoms with Crippen LogP contribution in [-0.4, -0.2) is 17.3 Å². The first kappa shape index (κ1) is 14.5. The molecule has 2 rings (SSSR count). The molecule has 3 N–H and O–H groups in total. The molecule has 1 aromatic rings. The minimum atomic E-state index is -0.674. The summed E-state index contributed by atoms with van der Waals surface area (Å²) in [6.45, 7) is 4.76. The fourth-order valence-corrected chi connectivity index (χ4v) is 3.97. The second-order valence-electron chi connectivity index (χ2n) is 5.93. The van der Waals surface area contributed by atoms with Crippen molar-refractivity contribution in [3.63, 3.8) is 0 Å². The van der Waals surface area contributed by atoms with Crippen LogP contribution < -0.4 is 5.73 Å². The van der Waals surface area contributed by atoms with Crippen LogP contribution in [0, 0.1) is 0 Å². The predicted octanol–water partition coefficient (Wildman–Crippen LogP) is 3.16. The van der Waals surface area contributed by atoms with Gasteiger partial charge >= 0.3 is 0 Å². The van der Waals surface area contributed by atoms with Gasteiger partial charge in [-0.25, -0.2) is 0 Å². The first-order chi connectivity index (χ1) is 9.13. The first-order valence-corrected chi connectivity index (χ1v) is 7.64. The Kier molecular flexibility index (Phi) is 4.32. The van der Waals surface area contributed by atoms with E-state index in [-0.39, 0.29) is 5.41 Å². The van der Waals surface area contributed by atoms with Crippen LogP contribution in [0.2, 0.25) is 0 Å². The zero-order chi connectivity index (χ0) is 13.9. The van der Waals surface area contributed by atoms with Crippen LogP contribution in [0.4, 0.5) is 0 Å². The van der Waals surface area contributed by atoms with Gasteiger partial charge in [0.2, 0.25) is 0 Å². The summed E-state index contributed by atoms with van der Waals surface area (Å²) in [6, 6.07) is 8.55. The zero-order valence-electron chi connectivity index (χ0n) is 12.3. The molecule has 2 unspecified atom stereocenters. The third kappa shape index (κ3) is 2.21. The number of fused-ring (bicyclic) bond motifs is 1. The number of hydrogen-bond donors (Lipinski definition) is 2. The summed E-state index contributed by atoms with van der Waals surface area (Å²) in [4.78, 5) is 0. The van der Waals surface area contributed by atoms with E-state index in [1.165, 1.54) is 11.1 Å². The van der Waals surface area contributed by atoms with Gasteiger partial charge < -0.3 is 10.8 Å². The van der Waals surface area contributed by atoms with Gasteiger partial charge in [0.15, 0.2) is 0 Å². The van der Waals surface area contributed by atoms with E-state index in [1.807, 2.05) is 0 Å². The van der Waals surface area contributed by atoms with Crippen LogP contribution >= 0.6 is 0 Å². The van der Waals surface area contributed by atoms with Gasteiger partial charge in [0.25, 0.3) is 0 Å². The largest absolute Gasteiger partial charge is 0.389 e. The maximum atomic E-state index is 11.3. The fraction of sp³-hybridized carbons (Fsp3) is 0.647. The van der Waals surface area contributed by atoms with Crippen molar-refractivity contribution < 1.29 is 5.11 Å². The predicted molar refractivity (Wildman–Crippen MR) is 80.3 cm³/mol. The van der Waals surface area contributed by atoms with E-state index in [0.717, 1.165) is 38.5 Å². The molecule has 0 bridgehead atoms. The molecule has 0 aromatic heterocycles. The molecule has 2 nitrogen and oxygen atoms in total. The van der Waals surface area contributed by atoms with E-state index in [0.29, 0.717) is 6.54 Å². The number of aryl methyl sites for hydroxylation is 1. The van der Waals surface area contributed by atoms with E-state index < -0.39 is 5.60 Å². The summed E-state index contributed by atoms with van der Waals surface area (Å²) in [5.74, 6) is 0. The number of rotatable bonds is 5. The van der Waals surface area contributed by atoms with Crippen molar-refractivity contribution in [3.8, 4) is 0 Å². The quantitative estimate of drug-likeness (QED) is 0.855. The Balaban J connectivity index is 2.55. The third-order valence-electron chi connectivity index (χ3n) is 5.07. The monoisotopic (exact) mass is 261 g/mol. The molecule has 0 saturated carbocycles. The lowest BCUT2D eigenvalue weighted by Gasteiger charge is -2.50. The number of nitrogens with two attached hydrogens (primary N) is 1. The molecule has 0 radical (unpaired) electrons. The highest BCUT2D eigenvalue weighted by Gasteiger charge is 2.50. The second-order valence-corrected chi connectivity index (χ2v) is 5.93. The fourth-order valence-electron chi connectivity index (χ4n) is 3.97. The van der Waals surface area contributed by atoms with Gasteiger partial charge in [0, 0.05) is 12.0 Å². The van der Waals surface area contributed by atoms with Crippen molar-refractivity contribution in [2.45, 2.75) is 63.4 Å². The van der Waals surface area contributed by atoms with Gasteiger partial charge in [-0.3, -0.25) is 0 Å². The summed E-state index contributed by atoms with van der Waals surface area (Å²) >= 11 is 0. The SMILES string of the molecule is CCCC(O)(CC)C1(CN)CCCc2ccccc21. The molecule has 19 heavy (non-hydrogen) atoms. The minimum absolute atomic E-state index is 0.257. The van der Waals surface area contributed by atoms with Crippen LogP contribution in [0.1, 0.15) is 57.1 Å². The molecule has 0 aliphatic heterocycles. The van der Waals surface area contributed by atoms with Crippen molar-refractivity contribution in [1.29, 1.82) is 0 Å². The Morgan fingerprint density at radius 2 is 2.05 bits per heavy atom. The highest BCUT2D eigenvalue weighted by atomic mass is 16.3. The highest BCUT2D eigenvalue weighted by molar-refractivity contribution is 5.40. The molecule has 0 saturated heterocycles. The smallest absolute Gasteiger partial charge is 0.0753 e. The average Bonchev–Trinajstić information content (AvgIpc) is 2.46. The van der Waals surface area contributed by atoms with Gasteiger partial charge in [0.05, 0.1) is 5.60 Å². The van der Waals surface area contributed by atoms with E-state index in [9.17, 15) is 5.11 Å². The number of benzene rings is 1. The second kappa shape index (κ2) is 5.64. The van der Waals surface area contributed by atoms with E-state index in [4.69, 9.17) is 5.73 Å². The molecular formula is C17H27NO. The Morgan fingerprint density at radius 1 is 1.32 bits per heavy atom. The van der Waals surface area contributed by atoms with Crippen LogP contribution in [0.25, 0.3) is 0 Å². The van der Waals surface area contributed by atoms with Crippen molar-refractivity contribution in [2.24, 2.45) is 5.73 Å². The molecule has 106 valence electrons. The number of hydrogen-bond acceptors (Lipinski definition) is 2. The molecule has 1 aromatic carbocycles. The number of aliphatic hydroxyl groups is 1. The molecule has 0 amide bonds. The maximum Gasteiger partial charge on any atom is 0.0753 e. The zero-order valence-corrected chi connectivity index (χ0v) is 12.3. The summed E-state index contributed by atoms with van der Waals surface area (Å²) in [6.07, 6.45) is 5.84. The lowest BCUT2D eigenvalue weighted by molar-refractivity contribution is -0.0558. The van der Waals surface area contributed by atoms with Gasteiger partial charge in [-0.05, 0) is 43.2 Å². The summed E-state index contributed by atoms with van der Waals surface area (Å²) in [5.41, 5.74) is 7.92. The Hall–Kier alpha value is -0.860. The van der Waals surface area contributed by atoms with Gasteiger partial charge in [0.1, 0.15) is 0 Å². The molecule has 1 aliphatic carbocycles. The molecular weight excluding hydrogens is 234 g/mol. The lowest BCUT2D eigenvalue weighted by Crippen LogP contribution is -2.57. The minimum Gasteiger partial charge on any atom is -0.389 e. The Labute approximate surface area is 117 Å². The molecule has 2 atom stereocenters. The maximum absolute atomic E-state index is 11.3. The molecule has 0 spiro atoms. The lowest BCUT2D eigenvalue weighted by atomic mass is 9.58.